The standard InChI is InChI=1S/C21H24N4O2/c1-14-5-7-16(8-6-14)19-11-9-17(27-19)10-12-20(26)25-13-3-4-18(25)21-22-15(2)23-24-21/h5-9,11,18H,3-4,10,12-13H2,1-2H3,(H,22,23,24)/t18-/m0/s1. The highest BCUT2D eigenvalue weighted by Gasteiger charge is 2.32. The normalized spacial score (nSPS) is 16.8. The van der Waals surface area contributed by atoms with Crippen molar-refractivity contribution in [2.75, 3.05) is 6.54 Å². The number of carbonyl (C=O) groups excluding carboxylic acids is 1. The monoisotopic (exact) mass is 364 g/mol. The number of carbonyl (C=O) groups is 1. The summed E-state index contributed by atoms with van der Waals surface area (Å²) in [6.45, 7) is 4.71. The van der Waals surface area contributed by atoms with Crippen LogP contribution in [0.5, 0.6) is 0 Å². The highest BCUT2D eigenvalue weighted by Crippen LogP contribution is 2.31. The number of aromatic amines is 1. The summed E-state index contributed by atoms with van der Waals surface area (Å²) in [4.78, 5) is 19.1. The van der Waals surface area contributed by atoms with E-state index in [1.165, 1.54) is 5.56 Å². The van der Waals surface area contributed by atoms with Gasteiger partial charge in [-0.05, 0) is 38.8 Å². The number of nitrogens with one attached hydrogen (secondary N) is 1. The molecule has 1 atom stereocenters. The molecular formula is C21H24N4O2. The molecule has 6 nitrogen and oxygen atoms in total. The molecule has 3 heterocycles. The van der Waals surface area contributed by atoms with E-state index in [2.05, 4.69) is 46.4 Å². The summed E-state index contributed by atoms with van der Waals surface area (Å²) in [5.74, 6) is 3.31. The Hall–Kier alpha value is -2.89. The van der Waals surface area contributed by atoms with Crippen molar-refractivity contribution in [3.8, 4) is 11.3 Å². The molecule has 0 saturated carbocycles. The van der Waals surface area contributed by atoms with Crippen LogP contribution in [0.4, 0.5) is 0 Å². The first-order valence-corrected chi connectivity index (χ1v) is 9.44. The predicted molar refractivity (Wildman–Crippen MR) is 102 cm³/mol. The maximum atomic E-state index is 12.7. The van der Waals surface area contributed by atoms with Crippen LogP contribution in [0.25, 0.3) is 11.3 Å². The van der Waals surface area contributed by atoms with Crippen molar-refractivity contribution in [3.05, 3.63) is 59.4 Å². The van der Waals surface area contributed by atoms with Gasteiger partial charge in [0.15, 0.2) is 5.82 Å². The van der Waals surface area contributed by atoms with E-state index in [0.29, 0.717) is 12.8 Å². The summed E-state index contributed by atoms with van der Waals surface area (Å²) in [6.07, 6.45) is 2.94. The van der Waals surface area contributed by atoms with Gasteiger partial charge in [0.1, 0.15) is 17.3 Å². The lowest BCUT2D eigenvalue weighted by Gasteiger charge is -2.22. The molecule has 1 saturated heterocycles. The Morgan fingerprint density at radius 3 is 2.78 bits per heavy atom. The Balaban J connectivity index is 1.38. The molecule has 6 heteroatoms. The lowest BCUT2D eigenvalue weighted by Crippen LogP contribution is -2.31. The average molecular weight is 364 g/mol. The number of benzene rings is 1. The molecule has 1 fully saturated rings. The molecule has 1 aromatic carbocycles. The first-order chi connectivity index (χ1) is 13.1. The summed E-state index contributed by atoms with van der Waals surface area (Å²) in [5, 5.41) is 7.11. The average Bonchev–Trinajstić information content (AvgIpc) is 3.40. The van der Waals surface area contributed by atoms with Crippen LogP contribution in [0.1, 0.15) is 48.3 Å². The quantitative estimate of drug-likeness (QED) is 0.743. The van der Waals surface area contributed by atoms with Crippen LogP contribution in [0, 0.1) is 13.8 Å². The van der Waals surface area contributed by atoms with E-state index in [9.17, 15) is 4.79 Å². The molecule has 1 aliphatic rings. The van der Waals surface area contributed by atoms with Crippen molar-refractivity contribution in [1.82, 2.24) is 20.1 Å². The van der Waals surface area contributed by atoms with Gasteiger partial charge < -0.3 is 9.32 Å². The SMILES string of the molecule is Cc1ccc(-c2ccc(CCC(=O)N3CCC[C@H]3c3n[nH]c(C)n3)o2)cc1. The molecule has 2 aromatic heterocycles. The molecule has 1 N–H and O–H groups in total. The van der Waals surface area contributed by atoms with Crippen molar-refractivity contribution >= 4 is 5.91 Å². The Kier molecular flexibility index (Phi) is 4.79. The minimum atomic E-state index is -0.0119. The zero-order valence-corrected chi connectivity index (χ0v) is 15.7. The molecule has 140 valence electrons. The van der Waals surface area contributed by atoms with E-state index in [4.69, 9.17) is 4.42 Å². The Labute approximate surface area is 158 Å². The number of aromatic nitrogens is 3. The van der Waals surface area contributed by atoms with Crippen molar-refractivity contribution in [2.45, 2.75) is 45.6 Å². The van der Waals surface area contributed by atoms with E-state index in [-0.39, 0.29) is 11.9 Å². The maximum absolute atomic E-state index is 12.7. The predicted octanol–water partition coefficient (Wildman–Crippen LogP) is 3.98. The number of rotatable bonds is 5. The van der Waals surface area contributed by atoms with Crippen molar-refractivity contribution in [2.24, 2.45) is 0 Å². The molecule has 0 bridgehead atoms. The van der Waals surface area contributed by atoms with E-state index < -0.39 is 0 Å². The molecule has 1 amide bonds. The zero-order chi connectivity index (χ0) is 18.8. The molecule has 0 aliphatic carbocycles. The summed E-state index contributed by atoms with van der Waals surface area (Å²) in [6, 6.07) is 12.2. The van der Waals surface area contributed by atoms with Gasteiger partial charge in [-0.15, -0.1) is 0 Å². The highest BCUT2D eigenvalue weighted by atomic mass is 16.3. The molecule has 27 heavy (non-hydrogen) atoms. The van der Waals surface area contributed by atoms with Gasteiger partial charge in [-0.2, -0.15) is 5.10 Å². The van der Waals surface area contributed by atoms with Crippen LogP contribution in [-0.2, 0) is 11.2 Å². The number of aryl methyl sites for hydroxylation is 3. The zero-order valence-electron chi connectivity index (χ0n) is 15.7. The highest BCUT2D eigenvalue weighted by molar-refractivity contribution is 5.77. The largest absolute Gasteiger partial charge is 0.461 e. The minimum Gasteiger partial charge on any atom is -0.461 e. The fourth-order valence-electron chi connectivity index (χ4n) is 3.60. The Morgan fingerprint density at radius 1 is 1.22 bits per heavy atom. The number of hydrogen-bond donors (Lipinski definition) is 1. The third-order valence-electron chi connectivity index (χ3n) is 5.07. The fraction of sp³-hybridized carbons (Fsp3) is 0.381. The van der Waals surface area contributed by atoms with Crippen LogP contribution < -0.4 is 0 Å². The number of amides is 1. The maximum Gasteiger partial charge on any atom is 0.223 e. The molecule has 3 aromatic rings. The minimum absolute atomic E-state index is 0.0119. The number of likely N-dealkylation sites (tertiary alicyclic amines) is 1. The van der Waals surface area contributed by atoms with E-state index in [1.807, 2.05) is 24.0 Å². The lowest BCUT2D eigenvalue weighted by molar-refractivity contribution is -0.132. The first-order valence-electron chi connectivity index (χ1n) is 9.44. The third kappa shape index (κ3) is 3.79. The molecule has 4 rings (SSSR count). The van der Waals surface area contributed by atoms with Gasteiger partial charge in [0, 0.05) is 24.9 Å². The van der Waals surface area contributed by atoms with Gasteiger partial charge in [-0.3, -0.25) is 9.89 Å². The summed E-state index contributed by atoms with van der Waals surface area (Å²) < 4.78 is 5.94. The van der Waals surface area contributed by atoms with Crippen molar-refractivity contribution in [1.29, 1.82) is 0 Å². The van der Waals surface area contributed by atoms with Crippen molar-refractivity contribution < 1.29 is 9.21 Å². The second kappa shape index (κ2) is 7.39. The second-order valence-corrected chi connectivity index (χ2v) is 7.16. The summed E-state index contributed by atoms with van der Waals surface area (Å²) in [5.41, 5.74) is 2.27. The number of furan rings is 1. The van der Waals surface area contributed by atoms with Gasteiger partial charge >= 0.3 is 0 Å². The van der Waals surface area contributed by atoms with Gasteiger partial charge in [0.25, 0.3) is 0 Å². The van der Waals surface area contributed by atoms with Crippen LogP contribution in [0.2, 0.25) is 0 Å². The van der Waals surface area contributed by atoms with Crippen LogP contribution >= 0.6 is 0 Å². The van der Waals surface area contributed by atoms with Gasteiger partial charge in [-0.25, -0.2) is 4.98 Å². The Bertz CT molecular complexity index is 926. The molecule has 0 radical (unpaired) electrons. The summed E-state index contributed by atoms with van der Waals surface area (Å²) in [7, 11) is 0. The van der Waals surface area contributed by atoms with Gasteiger partial charge in [0.2, 0.25) is 5.91 Å². The lowest BCUT2D eigenvalue weighted by atomic mass is 10.1. The Morgan fingerprint density at radius 2 is 2.04 bits per heavy atom. The third-order valence-corrected chi connectivity index (χ3v) is 5.07. The number of nitrogens with zero attached hydrogens (tertiary/aromatic N) is 3. The second-order valence-electron chi connectivity index (χ2n) is 7.16. The number of H-pyrrole nitrogens is 1. The number of hydrogen-bond acceptors (Lipinski definition) is 4. The van der Waals surface area contributed by atoms with Crippen molar-refractivity contribution in [3.63, 3.8) is 0 Å². The van der Waals surface area contributed by atoms with E-state index in [1.54, 1.807) is 0 Å². The van der Waals surface area contributed by atoms with Gasteiger partial charge in [0.05, 0.1) is 6.04 Å². The molecule has 1 aliphatic heterocycles. The fourth-order valence-corrected chi connectivity index (χ4v) is 3.60. The first kappa shape index (κ1) is 17.5. The van der Waals surface area contributed by atoms with Crippen LogP contribution in [0.15, 0.2) is 40.8 Å². The van der Waals surface area contributed by atoms with Gasteiger partial charge in [-0.1, -0.05) is 29.8 Å². The van der Waals surface area contributed by atoms with Crippen LogP contribution in [-0.4, -0.2) is 32.5 Å². The smallest absolute Gasteiger partial charge is 0.223 e. The van der Waals surface area contributed by atoms with Crippen LogP contribution in [0.3, 0.4) is 0 Å². The summed E-state index contributed by atoms with van der Waals surface area (Å²) >= 11 is 0. The van der Waals surface area contributed by atoms with E-state index in [0.717, 1.165) is 48.1 Å². The topological polar surface area (TPSA) is 75.0 Å². The molecule has 0 unspecified atom stereocenters. The van der Waals surface area contributed by atoms with E-state index >= 15 is 0 Å². The molecule has 0 spiro atoms. The molecular weight excluding hydrogens is 340 g/mol.